The average molecular weight is 252 g/mol. The second-order valence-corrected chi connectivity index (χ2v) is 5.82. The highest BCUT2D eigenvalue weighted by molar-refractivity contribution is 5.75. The predicted molar refractivity (Wildman–Crippen MR) is 74.7 cm³/mol. The Kier molecular flexibility index (Phi) is 5.33. The summed E-state index contributed by atoms with van der Waals surface area (Å²) in [6.07, 6.45) is 11.1. The molecule has 104 valence electrons. The molecule has 0 spiro atoms. The topological polar surface area (TPSA) is 23.6 Å². The highest BCUT2D eigenvalue weighted by atomic mass is 16.2. The van der Waals surface area contributed by atoms with Crippen molar-refractivity contribution in [1.82, 2.24) is 9.80 Å². The van der Waals surface area contributed by atoms with Gasteiger partial charge in [0.15, 0.2) is 0 Å². The van der Waals surface area contributed by atoms with Crippen molar-refractivity contribution in [2.24, 2.45) is 0 Å². The van der Waals surface area contributed by atoms with Gasteiger partial charge in [-0.3, -0.25) is 0 Å². The lowest BCUT2D eigenvalue weighted by molar-refractivity contribution is 0.112. The van der Waals surface area contributed by atoms with Crippen LogP contribution in [0, 0.1) is 0 Å². The lowest BCUT2D eigenvalue weighted by Gasteiger charge is -2.39. The van der Waals surface area contributed by atoms with Crippen molar-refractivity contribution in [1.29, 1.82) is 0 Å². The Morgan fingerprint density at radius 2 is 1.67 bits per heavy atom. The van der Waals surface area contributed by atoms with E-state index in [1.54, 1.807) is 0 Å². The third kappa shape index (κ3) is 3.39. The van der Waals surface area contributed by atoms with Gasteiger partial charge < -0.3 is 9.80 Å². The number of urea groups is 1. The zero-order chi connectivity index (χ0) is 12.8. The lowest BCUT2D eigenvalue weighted by Crippen LogP contribution is -2.50. The van der Waals surface area contributed by atoms with Crippen molar-refractivity contribution >= 4 is 6.03 Å². The van der Waals surface area contributed by atoms with Crippen LogP contribution in [0.5, 0.6) is 0 Å². The number of likely N-dealkylation sites (tertiary alicyclic amines) is 2. The molecule has 2 rings (SSSR count). The van der Waals surface area contributed by atoms with Crippen LogP contribution in [0.1, 0.15) is 64.7 Å². The fourth-order valence-electron chi connectivity index (χ4n) is 3.33. The van der Waals surface area contributed by atoms with E-state index in [9.17, 15) is 4.79 Å². The van der Waals surface area contributed by atoms with E-state index < -0.39 is 0 Å². The summed E-state index contributed by atoms with van der Waals surface area (Å²) in [6, 6.07) is 0.842. The van der Waals surface area contributed by atoms with Crippen LogP contribution in [0.4, 0.5) is 4.79 Å². The molecule has 3 heteroatoms. The molecule has 2 aliphatic rings. The van der Waals surface area contributed by atoms with Crippen LogP contribution < -0.4 is 0 Å². The highest BCUT2D eigenvalue weighted by Gasteiger charge is 2.29. The molecule has 0 saturated carbocycles. The van der Waals surface area contributed by atoms with Crippen LogP contribution in [0.3, 0.4) is 0 Å². The first-order chi connectivity index (χ1) is 8.83. The van der Waals surface area contributed by atoms with E-state index in [2.05, 4.69) is 16.7 Å². The van der Waals surface area contributed by atoms with Gasteiger partial charge in [-0.2, -0.15) is 0 Å². The molecule has 1 atom stereocenters. The van der Waals surface area contributed by atoms with E-state index in [4.69, 9.17) is 0 Å². The molecule has 0 aromatic carbocycles. The molecule has 0 radical (unpaired) electrons. The molecule has 2 heterocycles. The molecule has 0 bridgehead atoms. The maximum atomic E-state index is 12.6. The third-order valence-electron chi connectivity index (χ3n) is 4.37. The highest BCUT2D eigenvalue weighted by Crippen LogP contribution is 2.23. The minimum Gasteiger partial charge on any atom is -0.325 e. The van der Waals surface area contributed by atoms with Gasteiger partial charge in [-0.15, -0.1) is 0 Å². The molecule has 1 unspecified atom stereocenters. The summed E-state index contributed by atoms with van der Waals surface area (Å²) >= 11 is 0. The quantitative estimate of drug-likeness (QED) is 0.736. The largest absolute Gasteiger partial charge is 0.325 e. The van der Waals surface area contributed by atoms with Crippen molar-refractivity contribution < 1.29 is 4.79 Å². The van der Waals surface area contributed by atoms with Crippen molar-refractivity contribution in [2.45, 2.75) is 70.8 Å². The van der Waals surface area contributed by atoms with E-state index in [0.717, 1.165) is 19.6 Å². The van der Waals surface area contributed by atoms with Crippen LogP contribution in [0.2, 0.25) is 0 Å². The molecule has 0 aliphatic carbocycles. The summed E-state index contributed by atoms with van der Waals surface area (Å²) in [5, 5.41) is 0. The SMILES string of the molecule is CCCC1CCCCN1C(=O)N1CCCCCC1. The van der Waals surface area contributed by atoms with Gasteiger partial charge in [0.05, 0.1) is 0 Å². The molecule has 3 nitrogen and oxygen atoms in total. The molecule has 18 heavy (non-hydrogen) atoms. The molecule has 2 amide bonds. The summed E-state index contributed by atoms with van der Waals surface area (Å²) in [5.41, 5.74) is 0. The van der Waals surface area contributed by atoms with E-state index in [1.165, 1.54) is 57.8 Å². The maximum Gasteiger partial charge on any atom is 0.320 e. The van der Waals surface area contributed by atoms with Gasteiger partial charge in [0.1, 0.15) is 0 Å². The van der Waals surface area contributed by atoms with Crippen LogP contribution in [-0.2, 0) is 0 Å². The number of amides is 2. The van der Waals surface area contributed by atoms with Gasteiger partial charge in [0, 0.05) is 25.7 Å². The number of piperidine rings is 1. The van der Waals surface area contributed by atoms with E-state index in [0.29, 0.717) is 12.1 Å². The monoisotopic (exact) mass is 252 g/mol. The van der Waals surface area contributed by atoms with E-state index in [1.807, 2.05) is 0 Å². The first-order valence-electron chi connectivity index (χ1n) is 7.88. The van der Waals surface area contributed by atoms with Gasteiger partial charge in [0.2, 0.25) is 0 Å². The zero-order valence-corrected chi connectivity index (χ0v) is 11.9. The Bertz CT molecular complexity index is 257. The summed E-state index contributed by atoms with van der Waals surface area (Å²) in [4.78, 5) is 16.9. The second-order valence-electron chi connectivity index (χ2n) is 5.82. The van der Waals surface area contributed by atoms with Gasteiger partial charge in [0.25, 0.3) is 0 Å². The maximum absolute atomic E-state index is 12.6. The summed E-state index contributed by atoms with van der Waals surface area (Å²) in [5.74, 6) is 0. The summed E-state index contributed by atoms with van der Waals surface area (Å²) < 4.78 is 0. The fourth-order valence-corrected chi connectivity index (χ4v) is 3.33. The molecule has 2 saturated heterocycles. The number of hydrogen-bond acceptors (Lipinski definition) is 1. The van der Waals surface area contributed by atoms with Crippen molar-refractivity contribution in [2.75, 3.05) is 19.6 Å². The third-order valence-corrected chi connectivity index (χ3v) is 4.37. The Balaban J connectivity index is 1.95. The number of rotatable bonds is 2. The molecule has 2 fully saturated rings. The number of carbonyl (C=O) groups is 1. The lowest BCUT2D eigenvalue weighted by atomic mass is 9.98. The van der Waals surface area contributed by atoms with Gasteiger partial charge in [-0.05, 0) is 38.5 Å². The average Bonchev–Trinajstić information content (AvgIpc) is 2.68. The Labute approximate surface area is 112 Å². The van der Waals surface area contributed by atoms with Crippen molar-refractivity contribution in [3.63, 3.8) is 0 Å². The molecule has 0 N–H and O–H groups in total. The fraction of sp³-hybridized carbons (Fsp3) is 0.933. The summed E-state index contributed by atoms with van der Waals surface area (Å²) in [7, 11) is 0. The van der Waals surface area contributed by atoms with Gasteiger partial charge >= 0.3 is 6.03 Å². The van der Waals surface area contributed by atoms with Crippen molar-refractivity contribution in [3.8, 4) is 0 Å². The number of nitrogens with zero attached hydrogens (tertiary/aromatic N) is 2. The molecular weight excluding hydrogens is 224 g/mol. The van der Waals surface area contributed by atoms with Crippen LogP contribution in [0.25, 0.3) is 0 Å². The molecule has 0 aromatic heterocycles. The number of carbonyl (C=O) groups excluding carboxylic acids is 1. The van der Waals surface area contributed by atoms with Crippen LogP contribution in [-0.4, -0.2) is 41.5 Å². The molecule has 0 aromatic rings. The minimum atomic E-state index is 0.329. The Morgan fingerprint density at radius 1 is 1.00 bits per heavy atom. The van der Waals surface area contributed by atoms with Gasteiger partial charge in [-0.25, -0.2) is 4.79 Å². The zero-order valence-electron chi connectivity index (χ0n) is 11.9. The van der Waals surface area contributed by atoms with E-state index >= 15 is 0 Å². The first-order valence-corrected chi connectivity index (χ1v) is 7.88. The van der Waals surface area contributed by atoms with Gasteiger partial charge in [-0.1, -0.05) is 26.2 Å². The normalized spacial score (nSPS) is 25.9. The Hall–Kier alpha value is -0.730. The van der Waals surface area contributed by atoms with E-state index in [-0.39, 0.29) is 0 Å². The Morgan fingerprint density at radius 3 is 2.33 bits per heavy atom. The molecular formula is C15H28N2O. The standard InChI is InChI=1S/C15H28N2O/c1-2-9-14-10-5-8-13-17(14)15(18)16-11-6-3-4-7-12-16/h14H,2-13H2,1H3. The van der Waals surface area contributed by atoms with Crippen LogP contribution in [0.15, 0.2) is 0 Å². The summed E-state index contributed by atoms with van der Waals surface area (Å²) in [6.45, 7) is 5.17. The first kappa shape index (κ1) is 13.7. The van der Waals surface area contributed by atoms with Crippen molar-refractivity contribution in [3.05, 3.63) is 0 Å². The number of hydrogen-bond donors (Lipinski definition) is 0. The second kappa shape index (κ2) is 7.01. The minimum absolute atomic E-state index is 0.329. The van der Waals surface area contributed by atoms with Crippen LogP contribution >= 0.6 is 0 Å². The predicted octanol–water partition coefficient (Wildman–Crippen LogP) is 3.64. The smallest absolute Gasteiger partial charge is 0.320 e. The molecule has 2 aliphatic heterocycles.